The second kappa shape index (κ2) is 5.46. The second-order valence-corrected chi connectivity index (χ2v) is 7.11. The van der Waals surface area contributed by atoms with E-state index in [2.05, 4.69) is 5.32 Å². The summed E-state index contributed by atoms with van der Waals surface area (Å²) in [4.78, 5) is 0. The molecule has 1 saturated heterocycles. The topological polar surface area (TPSA) is 55.4 Å². The lowest BCUT2D eigenvalue weighted by Crippen LogP contribution is -2.32. The normalized spacial score (nSPS) is 23.2. The Morgan fingerprint density at radius 3 is 2.74 bits per heavy atom. The molecular formula is C13H18FNO3S. The van der Waals surface area contributed by atoms with Gasteiger partial charge in [0.25, 0.3) is 0 Å². The van der Waals surface area contributed by atoms with Crippen molar-refractivity contribution in [3.05, 3.63) is 29.6 Å². The van der Waals surface area contributed by atoms with Crippen LogP contribution in [0.1, 0.15) is 24.9 Å². The molecule has 1 heterocycles. The molecule has 0 bridgehead atoms. The Kier molecular flexibility index (Phi) is 4.10. The highest BCUT2D eigenvalue weighted by atomic mass is 32.2. The standard InChI is InChI=1S/C13H18FNO3S/c1-9(15-11-5-6-19(16,17)8-11)10-3-4-13(18-2)12(14)7-10/h3-4,7,9,11,15H,5-6,8H2,1-2H3. The van der Waals surface area contributed by atoms with E-state index in [0.29, 0.717) is 6.42 Å². The van der Waals surface area contributed by atoms with Gasteiger partial charge in [0.05, 0.1) is 18.6 Å². The number of methoxy groups -OCH3 is 1. The van der Waals surface area contributed by atoms with E-state index in [4.69, 9.17) is 4.74 Å². The Morgan fingerprint density at radius 1 is 1.47 bits per heavy atom. The fraction of sp³-hybridized carbons (Fsp3) is 0.538. The Morgan fingerprint density at radius 2 is 2.21 bits per heavy atom. The molecule has 0 saturated carbocycles. The van der Waals surface area contributed by atoms with Crippen LogP contribution in [0.5, 0.6) is 5.75 Å². The first-order valence-corrected chi connectivity index (χ1v) is 8.03. The van der Waals surface area contributed by atoms with Gasteiger partial charge in [0.2, 0.25) is 0 Å². The molecule has 1 fully saturated rings. The fourth-order valence-corrected chi connectivity index (χ4v) is 4.01. The van der Waals surface area contributed by atoms with Gasteiger partial charge in [-0.05, 0) is 31.0 Å². The average molecular weight is 287 g/mol. The van der Waals surface area contributed by atoms with Crippen molar-refractivity contribution in [1.29, 1.82) is 0 Å². The molecule has 0 amide bonds. The van der Waals surface area contributed by atoms with Gasteiger partial charge >= 0.3 is 0 Å². The van der Waals surface area contributed by atoms with Crippen molar-refractivity contribution in [1.82, 2.24) is 5.32 Å². The Hall–Kier alpha value is -1.14. The molecule has 1 N–H and O–H groups in total. The maximum absolute atomic E-state index is 13.6. The van der Waals surface area contributed by atoms with Crippen molar-refractivity contribution < 1.29 is 17.5 Å². The number of halogens is 1. The third-order valence-corrected chi connectivity index (χ3v) is 5.16. The van der Waals surface area contributed by atoms with Crippen LogP contribution in [0.4, 0.5) is 4.39 Å². The molecule has 6 heteroatoms. The second-order valence-electron chi connectivity index (χ2n) is 4.88. The number of hydrogen-bond acceptors (Lipinski definition) is 4. The average Bonchev–Trinajstić information content (AvgIpc) is 2.68. The Balaban J connectivity index is 2.04. The molecule has 4 nitrogen and oxygen atoms in total. The van der Waals surface area contributed by atoms with Crippen LogP contribution in [-0.2, 0) is 9.84 Å². The number of nitrogens with one attached hydrogen (secondary N) is 1. The van der Waals surface area contributed by atoms with Crippen LogP contribution in [0.15, 0.2) is 18.2 Å². The molecule has 2 rings (SSSR count). The van der Waals surface area contributed by atoms with Gasteiger partial charge in [-0.25, -0.2) is 12.8 Å². The Labute approximate surface area is 112 Å². The van der Waals surface area contributed by atoms with Crippen LogP contribution in [0, 0.1) is 5.82 Å². The van der Waals surface area contributed by atoms with Crippen LogP contribution in [0.2, 0.25) is 0 Å². The SMILES string of the molecule is COc1ccc(C(C)NC2CCS(=O)(=O)C2)cc1F. The molecular weight excluding hydrogens is 269 g/mol. The van der Waals surface area contributed by atoms with E-state index >= 15 is 0 Å². The highest BCUT2D eigenvalue weighted by Crippen LogP contribution is 2.23. The largest absolute Gasteiger partial charge is 0.494 e. The molecule has 106 valence electrons. The molecule has 0 aliphatic carbocycles. The quantitative estimate of drug-likeness (QED) is 0.915. The predicted molar refractivity (Wildman–Crippen MR) is 71.6 cm³/mol. The molecule has 2 atom stereocenters. The number of benzene rings is 1. The Bertz CT molecular complexity index is 559. The molecule has 0 spiro atoms. The first-order valence-electron chi connectivity index (χ1n) is 6.21. The number of hydrogen-bond donors (Lipinski definition) is 1. The summed E-state index contributed by atoms with van der Waals surface area (Å²) in [5.74, 6) is 0.191. The highest BCUT2D eigenvalue weighted by Gasteiger charge is 2.28. The summed E-state index contributed by atoms with van der Waals surface area (Å²) in [5, 5.41) is 3.23. The summed E-state index contributed by atoms with van der Waals surface area (Å²) in [5.41, 5.74) is 0.780. The van der Waals surface area contributed by atoms with E-state index in [1.807, 2.05) is 6.92 Å². The lowest BCUT2D eigenvalue weighted by molar-refractivity contribution is 0.385. The van der Waals surface area contributed by atoms with E-state index in [1.165, 1.54) is 13.2 Å². The molecule has 1 aliphatic heterocycles. The minimum atomic E-state index is -2.90. The minimum absolute atomic E-state index is 0.0508. The summed E-state index contributed by atoms with van der Waals surface area (Å²) in [6.45, 7) is 1.90. The van der Waals surface area contributed by atoms with E-state index in [0.717, 1.165) is 5.56 Å². The molecule has 1 aromatic rings. The molecule has 0 aromatic heterocycles. The number of rotatable bonds is 4. The van der Waals surface area contributed by atoms with Crippen LogP contribution >= 0.6 is 0 Å². The van der Waals surface area contributed by atoms with Crippen molar-refractivity contribution in [2.24, 2.45) is 0 Å². The van der Waals surface area contributed by atoms with Gasteiger partial charge in [-0.2, -0.15) is 0 Å². The van der Waals surface area contributed by atoms with Crippen LogP contribution in [0.25, 0.3) is 0 Å². The van der Waals surface area contributed by atoms with Gasteiger partial charge in [0, 0.05) is 12.1 Å². The lowest BCUT2D eigenvalue weighted by Gasteiger charge is -2.19. The van der Waals surface area contributed by atoms with E-state index in [-0.39, 0.29) is 29.3 Å². The fourth-order valence-electron chi connectivity index (χ4n) is 2.33. The van der Waals surface area contributed by atoms with E-state index in [1.54, 1.807) is 12.1 Å². The summed E-state index contributed by atoms with van der Waals surface area (Å²) in [6, 6.07) is 4.63. The van der Waals surface area contributed by atoms with Crippen LogP contribution in [-0.4, -0.2) is 33.1 Å². The molecule has 19 heavy (non-hydrogen) atoms. The highest BCUT2D eigenvalue weighted by molar-refractivity contribution is 7.91. The van der Waals surface area contributed by atoms with Gasteiger partial charge in [-0.15, -0.1) is 0 Å². The number of ether oxygens (including phenoxy) is 1. The minimum Gasteiger partial charge on any atom is -0.494 e. The smallest absolute Gasteiger partial charge is 0.165 e. The predicted octanol–water partition coefficient (Wildman–Crippen LogP) is 1.67. The van der Waals surface area contributed by atoms with Crippen molar-refractivity contribution in [2.45, 2.75) is 25.4 Å². The van der Waals surface area contributed by atoms with Crippen molar-refractivity contribution in [2.75, 3.05) is 18.6 Å². The first kappa shape index (κ1) is 14.3. The van der Waals surface area contributed by atoms with Crippen LogP contribution in [0.3, 0.4) is 0 Å². The zero-order chi connectivity index (χ0) is 14.0. The third-order valence-electron chi connectivity index (χ3n) is 3.39. The maximum Gasteiger partial charge on any atom is 0.165 e. The number of sulfone groups is 1. The van der Waals surface area contributed by atoms with E-state index in [9.17, 15) is 12.8 Å². The van der Waals surface area contributed by atoms with Gasteiger partial charge in [-0.1, -0.05) is 6.07 Å². The molecule has 1 aliphatic rings. The monoisotopic (exact) mass is 287 g/mol. The first-order chi connectivity index (χ1) is 8.91. The molecule has 2 unspecified atom stereocenters. The van der Waals surface area contributed by atoms with Gasteiger partial charge in [0.15, 0.2) is 21.4 Å². The van der Waals surface area contributed by atoms with Crippen LogP contribution < -0.4 is 10.1 Å². The van der Waals surface area contributed by atoms with Gasteiger partial charge < -0.3 is 10.1 Å². The summed E-state index contributed by atoms with van der Waals surface area (Å²) in [6.07, 6.45) is 0.616. The van der Waals surface area contributed by atoms with Crippen molar-refractivity contribution in [3.63, 3.8) is 0 Å². The molecule has 0 radical (unpaired) electrons. The maximum atomic E-state index is 13.6. The van der Waals surface area contributed by atoms with Gasteiger partial charge in [0.1, 0.15) is 0 Å². The zero-order valence-electron chi connectivity index (χ0n) is 11.0. The van der Waals surface area contributed by atoms with Crippen molar-refractivity contribution >= 4 is 9.84 Å². The molecule has 1 aromatic carbocycles. The van der Waals surface area contributed by atoms with Gasteiger partial charge in [-0.3, -0.25) is 0 Å². The summed E-state index contributed by atoms with van der Waals surface area (Å²) < 4.78 is 41.2. The summed E-state index contributed by atoms with van der Waals surface area (Å²) in [7, 11) is -1.48. The summed E-state index contributed by atoms with van der Waals surface area (Å²) >= 11 is 0. The third kappa shape index (κ3) is 3.45. The lowest BCUT2D eigenvalue weighted by atomic mass is 10.1. The van der Waals surface area contributed by atoms with E-state index < -0.39 is 15.7 Å². The zero-order valence-corrected chi connectivity index (χ0v) is 11.8. The van der Waals surface area contributed by atoms with Crippen molar-refractivity contribution in [3.8, 4) is 5.75 Å².